The van der Waals surface area contributed by atoms with Gasteiger partial charge in [0.25, 0.3) is 0 Å². The number of benzene rings is 2. The predicted octanol–water partition coefficient (Wildman–Crippen LogP) is 5.16. The molecular weight excluding hydrogens is 403 g/mol. The lowest BCUT2D eigenvalue weighted by molar-refractivity contribution is 0.333. The molecule has 0 radical (unpaired) electrons. The van der Waals surface area contributed by atoms with E-state index in [2.05, 4.69) is 96.2 Å². The van der Waals surface area contributed by atoms with Gasteiger partial charge in [0, 0.05) is 0 Å². The van der Waals surface area contributed by atoms with Crippen molar-refractivity contribution in [1.29, 1.82) is 0 Å². The van der Waals surface area contributed by atoms with Crippen molar-refractivity contribution < 1.29 is 0 Å². The third kappa shape index (κ3) is 3.09. The van der Waals surface area contributed by atoms with Gasteiger partial charge in [-0.1, -0.05) is 48.5 Å². The molecule has 0 amide bonds. The highest BCUT2D eigenvalue weighted by Gasteiger charge is 2.32. The molecule has 0 aliphatic heterocycles. The minimum atomic E-state index is -0.253. The number of thiazole rings is 1. The second-order valence-electron chi connectivity index (χ2n) is 5.30. The lowest BCUT2D eigenvalue weighted by Gasteiger charge is -2.29. The van der Waals surface area contributed by atoms with Crippen LogP contribution in [-0.2, 0) is 3.55 Å². The maximum atomic E-state index is 4.84. The Kier molecular flexibility index (Phi) is 4.61. The fourth-order valence-electron chi connectivity index (χ4n) is 2.20. The number of aromatic nitrogens is 1. The van der Waals surface area contributed by atoms with Gasteiger partial charge < -0.3 is 0 Å². The molecule has 1 heterocycles. The second kappa shape index (κ2) is 6.48. The summed E-state index contributed by atoms with van der Waals surface area (Å²) in [6, 6.07) is 18.7. The number of nitrogens with zero attached hydrogens (tertiary/aromatic N) is 2. The Bertz CT molecular complexity index is 762. The van der Waals surface area contributed by atoms with Crippen LogP contribution in [0.5, 0.6) is 0 Å². The van der Waals surface area contributed by atoms with Gasteiger partial charge in [-0.25, -0.2) is 4.98 Å². The maximum absolute atomic E-state index is 4.84. The van der Waals surface area contributed by atoms with Gasteiger partial charge in [0.15, 0.2) is 0 Å². The Morgan fingerprint density at radius 2 is 1.73 bits per heavy atom. The number of rotatable bonds is 4. The zero-order valence-corrected chi connectivity index (χ0v) is 15.5. The van der Waals surface area contributed by atoms with Gasteiger partial charge in [-0.3, -0.25) is 4.90 Å². The molecule has 0 N–H and O–H groups in total. The van der Waals surface area contributed by atoms with Crippen molar-refractivity contribution in [2.24, 2.45) is 0 Å². The molecule has 0 aliphatic carbocycles. The molecule has 0 aliphatic rings. The van der Waals surface area contributed by atoms with E-state index >= 15 is 0 Å². The highest BCUT2D eigenvalue weighted by Crippen LogP contribution is 2.40. The molecule has 2 nitrogen and oxygen atoms in total. The van der Waals surface area contributed by atoms with E-state index in [1.54, 1.807) is 11.3 Å². The van der Waals surface area contributed by atoms with E-state index in [9.17, 15) is 0 Å². The Labute approximate surface area is 148 Å². The van der Waals surface area contributed by atoms with Crippen molar-refractivity contribution in [2.45, 2.75) is 3.55 Å². The van der Waals surface area contributed by atoms with Crippen LogP contribution in [0.2, 0.25) is 0 Å². The van der Waals surface area contributed by atoms with Crippen LogP contribution in [0.15, 0.2) is 60.7 Å². The smallest absolute Gasteiger partial charge is 0.144 e. The van der Waals surface area contributed by atoms with E-state index in [1.807, 2.05) is 12.1 Å². The van der Waals surface area contributed by atoms with Crippen molar-refractivity contribution in [3.63, 3.8) is 0 Å². The van der Waals surface area contributed by atoms with Crippen LogP contribution in [0.1, 0.15) is 10.6 Å². The monoisotopic (exact) mass is 420 g/mol. The summed E-state index contributed by atoms with van der Waals surface area (Å²) in [5.74, 6) is 0. The van der Waals surface area contributed by atoms with Crippen LogP contribution in [0.25, 0.3) is 16.3 Å². The van der Waals surface area contributed by atoms with Crippen LogP contribution < -0.4 is 0 Å². The number of fused-ring (bicyclic) bond motifs is 1. The summed E-state index contributed by atoms with van der Waals surface area (Å²) >= 11 is 4.24. The molecule has 1 aromatic heterocycles. The average Bonchev–Trinajstić information content (AvgIpc) is 2.98. The van der Waals surface area contributed by atoms with Crippen molar-refractivity contribution in [3.8, 4) is 0 Å². The molecule has 4 heteroatoms. The molecule has 0 spiro atoms. The minimum absolute atomic E-state index is 0.253. The van der Waals surface area contributed by atoms with Crippen LogP contribution in [0, 0.1) is 0 Å². The molecule has 1 unspecified atom stereocenters. The summed E-state index contributed by atoms with van der Waals surface area (Å²) in [5, 5.41) is 1.10. The SMILES string of the molecule is CN(C)C(I)(C=Cc1ccccc1)c1nc2ccccc2s1. The van der Waals surface area contributed by atoms with Gasteiger partial charge in [-0.15, -0.1) is 11.3 Å². The summed E-state index contributed by atoms with van der Waals surface area (Å²) in [5.41, 5.74) is 2.27. The summed E-state index contributed by atoms with van der Waals surface area (Å²) in [6.07, 6.45) is 4.39. The Balaban J connectivity index is 2.02. The molecule has 0 bridgehead atoms. The zero-order valence-electron chi connectivity index (χ0n) is 12.5. The van der Waals surface area contributed by atoms with Gasteiger partial charge in [0.2, 0.25) is 0 Å². The quantitative estimate of drug-likeness (QED) is 0.329. The molecule has 3 rings (SSSR count). The average molecular weight is 420 g/mol. The first-order chi connectivity index (χ1) is 10.6. The van der Waals surface area contributed by atoms with Crippen LogP contribution >= 0.6 is 33.9 Å². The van der Waals surface area contributed by atoms with Crippen LogP contribution in [0.4, 0.5) is 0 Å². The standard InChI is InChI=1S/C18H17IN2S/c1-21(2)18(19,13-12-14-8-4-3-5-9-14)17-20-15-10-6-7-11-16(15)22-17/h3-13H,1-2H3. The third-order valence-corrected chi connectivity index (χ3v) is 6.90. The summed E-state index contributed by atoms with van der Waals surface area (Å²) in [6.45, 7) is 0. The second-order valence-corrected chi connectivity index (χ2v) is 7.97. The number of hydrogen-bond donors (Lipinski definition) is 0. The van der Waals surface area contributed by atoms with E-state index in [1.165, 1.54) is 10.3 Å². The summed E-state index contributed by atoms with van der Waals surface area (Å²) in [4.78, 5) is 7.04. The number of likely N-dealkylation sites (N-methyl/N-ethyl adjacent to an activating group) is 1. The number of alkyl halides is 1. The Morgan fingerprint density at radius 1 is 1.05 bits per heavy atom. The van der Waals surface area contributed by atoms with Gasteiger partial charge >= 0.3 is 0 Å². The Hall–Kier alpha value is -1.24. The molecule has 1 atom stereocenters. The van der Waals surface area contributed by atoms with E-state index in [0.717, 1.165) is 10.5 Å². The number of hydrogen-bond acceptors (Lipinski definition) is 3. The molecule has 0 saturated heterocycles. The number of halogens is 1. The maximum Gasteiger partial charge on any atom is 0.144 e. The third-order valence-electron chi connectivity index (χ3n) is 3.54. The largest absolute Gasteiger partial charge is 0.286 e. The first-order valence-electron chi connectivity index (χ1n) is 7.06. The highest BCUT2D eigenvalue weighted by atomic mass is 127. The van der Waals surface area contributed by atoms with Gasteiger partial charge in [0.1, 0.15) is 8.55 Å². The molecule has 112 valence electrons. The number of para-hydroxylation sites is 1. The highest BCUT2D eigenvalue weighted by molar-refractivity contribution is 14.1. The topological polar surface area (TPSA) is 16.1 Å². The molecule has 22 heavy (non-hydrogen) atoms. The first kappa shape index (κ1) is 15.6. The zero-order chi connectivity index (χ0) is 15.6. The molecule has 2 aromatic carbocycles. The minimum Gasteiger partial charge on any atom is -0.286 e. The van der Waals surface area contributed by atoms with Crippen molar-refractivity contribution >= 4 is 50.2 Å². The van der Waals surface area contributed by atoms with Crippen LogP contribution in [0.3, 0.4) is 0 Å². The molecular formula is C18H17IN2S. The molecule has 3 aromatic rings. The van der Waals surface area contributed by atoms with E-state index < -0.39 is 0 Å². The lowest BCUT2D eigenvalue weighted by Crippen LogP contribution is -2.33. The summed E-state index contributed by atoms with van der Waals surface area (Å²) in [7, 11) is 4.18. The van der Waals surface area contributed by atoms with Crippen molar-refractivity contribution in [3.05, 3.63) is 71.2 Å². The fourth-order valence-corrected chi connectivity index (χ4v) is 3.95. The fraction of sp³-hybridized carbons (Fsp3) is 0.167. The van der Waals surface area contributed by atoms with Gasteiger partial charge in [-0.2, -0.15) is 0 Å². The first-order valence-corrected chi connectivity index (χ1v) is 8.96. The van der Waals surface area contributed by atoms with E-state index in [4.69, 9.17) is 4.98 Å². The molecule has 0 fully saturated rings. The predicted molar refractivity (Wildman–Crippen MR) is 104 cm³/mol. The summed E-state index contributed by atoms with van der Waals surface area (Å²) < 4.78 is 0.977. The van der Waals surface area contributed by atoms with Gasteiger partial charge in [-0.05, 0) is 60.5 Å². The lowest BCUT2D eigenvalue weighted by atomic mass is 10.1. The van der Waals surface area contributed by atoms with Crippen molar-refractivity contribution in [2.75, 3.05) is 14.1 Å². The molecule has 0 saturated carbocycles. The van der Waals surface area contributed by atoms with Gasteiger partial charge in [0.05, 0.1) is 10.2 Å². The van der Waals surface area contributed by atoms with E-state index in [0.29, 0.717) is 0 Å². The van der Waals surface area contributed by atoms with Crippen molar-refractivity contribution in [1.82, 2.24) is 9.88 Å². The van der Waals surface area contributed by atoms with E-state index in [-0.39, 0.29) is 3.55 Å². The Morgan fingerprint density at radius 3 is 2.41 bits per heavy atom. The normalized spacial score (nSPS) is 14.7. The van der Waals surface area contributed by atoms with Crippen LogP contribution in [-0.4, -0.2) is 24.0 Å².